The third kappa shape index (κ3) is 2.98. The molecular formula is C16H19N3O2S. The number of hydrogen-bond donors (Lipinski definition) is 2. The summed E-state index contributed by atoms with van der Waals surface area (Å²) in [6.07, 6.45) is -0.0823. The molecular weight excluding hydrogens is 298 g/mol. The van der Waals surface area contributed by atoms with Crippen molar-refractivity contribution in [1.29, 1.82) is 0 Å². The van der Waals surface area contributed by atoms with E-state index in [0.717, 1.165) is 33.5 Å². The lowest BCUT2D eigenvalue weighted by Gasteiger charge is -2.20. The summed E-state index contributed by atoms with van der Waals surface area (Å²) < 4.78 is 5.23. The second kappa shape index (κ2) is 6.06. The van der Waals surface area contributed by atoms with Crippen molar-refractivity contribution >= 4 is 27.9 Å². The first-order valence-corrected chi connectivity index (χ1v) is 8.11. The number of hydrogen-bond acceptors (Lipinski definition) is 6. The predicted octanol–water partition coefficient (Wildman–Crippen LogP) is 3.53. The van der Waals surface area contributed by atoms with Crippen LogP contribution in [0.25, 0.3) is 0 Å². The van der Waals surface area contributed by atoms with E-state index in [1.165, 1.54) is 0 Å². The largest absolute Gasteiger partial charge is 0.497 e. The average molecular weight is 317 g/mol. The quantitative estimate of drug-likeness (QED) is 0.905. The molecule has 1 aliphatic rings. The summed E-state index contributed by atoms with van der Waals surface area (Å²) in [6, 6.07) is 5.89. The Hall–Kier alpha value is -1.92. The van der Waals surface area contributed by atoms with E-state index in [0.29, 0.717) is 12.5 Å². The number of aromatic nitrogens is 1. The van der Waals surface area contributed by atoms with Crippen LogP contribution in [0.3, 0.4) is 0 Å². The molecule has 1 atom stereocenters. The lowest BCUT2D eigenvalue weighted by Crippen LogP contribution is -2.14. The minimum absolute atomic E-state index is 0.336. The molecule has 116 valence electrons. The zero-order valence-corrected chi connectivity index (χ0v) is 13.6. The van der Waals surface area contributed by atoms with E-state index >= 15 is 0 Å². The van der Waals surface area contributed by atoms with Crippen molar-refractivity contribution < 1.29 is 9.84 Å². The lowest BCUT2D eigenvalue weighted by atomic mass is 9.97. The Balaban J connectivity index is 1.94. The van der Waals surface area contributed by atoms with Crippen molar-refractivity contribution in [3.8, 4) is 5.75 Å². The number of rotatable bonds is 4. The minimum Gasteiger partial charge on any atom is -0.497 e. The summed E-state index contributed by atoms with van der Waals surface area (Å²) in [7, 11) is 1.62. The number of ether oxygens (including phenoxy) is 1. The van der Waals surface area contributed by atoms with Gasteiger partial charge in [-0.2, -0.15) is 0 Å². The van der Waals surface area contributed by atoms with E-state index in [-0.39, 0.29) is 0 Å². The molecule has 0 saturated carbocycles. The lowest BCUT2D eigenvalue weighted by molar-refractivity contribution is 0.185. The van der Waals surface area contributed by atoms with Crippen LogP contribution < -0.4 is 10.1 Å². The van der Waals surface area contributed by atoms with Crippen molar-refractivity contribution in [3.05, 3.63) is 34.8 Å². The fourth-order valence-electron chi connectivity index (χ4n) is 2.39. The van der Waals surface area contributed by atoms with Gasteiger partial charge in [0.1, 0.15) is 5.75 Å². The standard InChI is InChI=1S/C16H19N3O2S/c1-9(2)17-16-19-14(8-22-16)13-7-15(20)11-5-4-10(21-3)6-12(11)18-13/h4-6,8-9,15,20H,7H2,1-3H3,(H,17,19). The minimum atomic E-state index is -0.559. The van der Waals surface area contributed by atoms with Crippen LogP contribution in [0.15, 0.2) is 28.6 Å². The SMILES string of the molecule is COc1ccc2c(c1)N=C(c1csc(NC(C)C)n1)CC2O. The van der Waals surface area contributed by atoms with E-state index in [4.69, 9.17) is 4.74 Å². The van der Waals surface area contributed by atoms with Gasteiger partial charge in [-0.25, -0.2) is 4.98 Å². The molecule has 1 aromatic carbocycles. The number of benzene rings is 1. The molecule has 3 rings (SSSR count). The van der Waals surface area contributed by atoms with Crippen LogP contribution in [0.1, 0.15) is 37.6 Å². The highest BCUT2D eigenvalue weighted by atomic mass is 32.1. The number of anilines is 1. The average Bonchev–Trinajstić information content (AvgIpc) is 2.94. The summed E-state index contributed by atoms with van der Waals surface area (Å²) in [6.45, 7) is 4.15. The molecule has 0 saturated heterocycles. The van der Waals surface area contributed by atoms with Crippen LogP contribution in [-0.4, -0.2) is 29.0 Å². The second-order valence-electron chi connectivity index (χ2n) is 5.54. The Morgan fingerprint density at radius 1 is 1.41 bits per heavy atom. The Morgan fingerprint density at radius 2 is 2.23 bits per heavy atom. The molecule has 6 heteroatoms. The zero-order valence-electron chi connectivity index (χ0n) is 12.8. The molecule has 0 aliphatic carbocycles. The van der Waals surface area contributed by atoms with Gasteiger partial charge in [0, 0.05) is 29.5 Å². The first-order valence-electron chi connectivity index (χ1n) is 7.23. The monoisotopic (exact) mass is 317 g/mol. The maximum absolute atomic E-state index is 10.3. The summed E-state index contributed by atoms with van der Waals surface area (Å²) in [4.78, 5) is 9.22. The van der Waals surface area contributed by atoms with Crippen molar-refractivity contribution in [3.63, 3.8) is 0 Å². The molecule has 0 amide bonds. The molecule has 1 aliphatic heterocycles. The van der Waals surface area contributed by atoms with Crippen molar-refractivity contribution in [2.45, 2.75) is 32.4 Å². The summed E-state index contributed by atoms with van der Waals surface area (Å²) in [5.74, 6) is 0.733. The predicted molar refractivity (Wildman–Crippen MR) is 89.6 cm³/mol. The Bertz CT molecular complexity index is 709. The van der Waals surface area contributed by atoms with Crippen LogP contribution in [-0.2, 0) is 0 Å². The molecule has 22 heavy (non-hydrogen) atoms. The van der Waals surface area contributed by atoms with Gasteiger partial charge in [0.2, 0.25) is 0 Å². The maximum Gasteiger partial charge on any atom is 0.183 e. The number of nitrogens with one attached hydrogen (secondary N) is 1. The summed E-state index contributed by atoms with van der Waals surface area (Å²) in [5.41, 5.74) is 3.21. The smallest absolute Gasteiger partial charge is 0.183 e. The van der Waals surface area contributed by atoms with Gasteiger partial charge < -0.3 is 15.2 Å². The van der Waals surface area contributed by atoms with Gasteiger partial charge >= 0.3 is 0 Å². The molecule has 0 radical (unpaired) electrons. The van der Waals surface area contributed by atoms with Crippen LogP contribution in [0, 0.1) is 0 Å². The van der Waals surface area contributed by atoms with E-state index in [1.54, 1.807) is 18.4 Å². The molecule has 2 heterocycles. The molecule has 1 unspecified atom stereocenters. The fraction of sp³-hybridized carbons (Fsp3) is 0.375. The number of thiazole rings is 1. The van der Waals surface area contributed by atoms with E-state index in [9.17, 15) is 5.11 Å². The first kappa shape index (κ1) is 15.0. The van der Waals surface area contributed by atoms with Crippen molar-refractivity contribution in [2.24, 2.45) is 4.99 Å². The van der Waals surface area contributed by atoms with Gasteiger partial charge in [0.25, 0.3) is 0 Å². The fourth-order valence-corrected chi connectivity index (χ4v) is 3.26. The molecule has 5 nitrogen and oxygen atoms in total. The highest BCUT2D eigenvalue weighted by Crippen LogP contribution is 2.37. The third-order valence-corrected chi connectivity index (χ3v) is 4.22. The second-order valence-corrected chi connectivity index (χ2v) is 6.40. The molecule has 2 aromatic rings. The van der Waals surface area contributed by atoms with Gasteiger partial charge in [-0.3, -0.25) is 4.99 Å². The first-order chi connectivity index (χ1) is 10.6. The Kier molecular flexibility index (Phi) is 4.13. The molecule has 1 aromatic heterocycles. The van der Waals surface area contributed by atoms with Crippen LogP contribution in [0.4, 0.5) is 10.8 Å². The van der Waals surface area contributed by atoms with Crippen molar-refractivity contribution in [2.75, 3.05) is 12.4 Å². The topological polar surface area (TPSA) is 66.7 Å². The highest BCUT2D eigenvalue weighted by Gasteiger charge is 2.23. The number of aliphatic imine (C=N–C) groups is 1. The number of aliphatic hydroxyl groups is 1. The van der Waals surface area contributed by atoms with Gasteiger partial charge in [-0.15, -0.1) is 11.3 Å². The Labute approximate surface area is 133 Å². The molecule has 2 N–H and O–H groups in total. The van der Waals surface area contributed by atoms with Gasteiger partial charge in [-0.1, -0.05) is 6.07 Å². The van der Waals surface area contributed by atoms with Gasteiger partial charge in [0.05, 0.1) is 30.3 Å². The van der Waals surface area contributed by atoms with Crippen LogP contribution in [0.2, 0.25) is 0 Å². The summed E-state index contributed by atoms with van der Waals surface area (Å²) in [5, 5.41) is 16.5. The molecule has 0 spiro atoms. The van der Waals surface area contributed by atoms with E-state index in [2.05, 4.69) is 29.1 Å². The highest BCUT2D eigenvalue weighted by molar-refractivity contribution is 7.13. The number of aliphatic hydroxyl groups excluding tert-OH is 1. The number of methoxy groups -OCH3 is 1. The number of nitrogens with zero attached hydrogens (tertiary/aromatic N) is 2. The number of fused-ring (bicyclic) bond motifs is 1. The zero-order chi connectivity index (χ0) is 15.7. The molecule has 0 fully saturated rings. The van der Waals surface area contributed by atoms with Gasteiger partial charge in [0.15, 0.2) is 5.13 Å². The van der Waals surface area contributed by atoms with Crippen molar-refractivity contribution in [1.82, 2.24) is 4.98 Å². The normalized spacial score (nSPS) is 17.1. The van der Waals surface area contributed by atoms with Crippen LogP contribution >= 0.6 is 11.3 Å². The van der Waals surface area contributed by atoms with E-state index in [1.807, 2.05) is 23.6 Å². The Morgan fingerprint density at radius 3 is 2.95 bits per heavy atom. The van der Waals surface area contributed by atoms with Gasteiger partial charge in [-0.05, 0) is 19.9 Å². The van der Waals surface area contributed by atoms with E-state index < -0.39 is 6.10 Å². The van der Waals surface area contributed by atoms with Crippen LogP contribution in [0.5, 0.6) is 5.75 Å². The maximum atomic E-state index is 10.3. The molecule has 0 bridgehead atoms. The third-order valence-electron chi connectivity index (χ3n) is 3.45. The summed E-state index contributed by atoms with van der Waals surface area (Å²) >= 11 is 1.55.